The fourth-order valence-electron chi connectivity index (χ4n) is 2.53. The zero-order valence-corrected chi connectivity index (χ0v) is 13.2. The molecule has 0 saturated carbocycles. The first kappa shape index (κ1) is 15.7. The highest BCUT2D eigenvalue weighted by atomic mass is 32.2. The third kappa shape index (κ3) is 3.52. The van der Waals surface area contributed by atoms with Gasteiger partial charge in [-0.2, -0.15) is 5.26 Å². The molecular weight excluding hydrogens is 288 g/mol. The highest BCUT2D eigenvalue weighted by Crippen LogP contribution is 2.22. The molecule has 7 heteroatoms. The lowest BCUT2D eigenvalue weighted by Crippen LogP contribution is -2.46. The Balaban J connectivity index is 1.98. The van der Waals surface area contributed by atoms with Crippen LogP contribution in [0.25, 0.3) is 0 Å². The van der Waals surface area contributed by atoms with E-state index in [0.717, 1.165) is 31.7 Å². The number of nitriles is 1. The van der Waals surface area contributed by atoms with Crippen LogP contribution in [0.4, 0.5) is 5.82 Å². The van der Waals surface area contributed by atoms with Gasteiger partial charge in [0.25, 0.3) is 0 Å². The van der Waals surface area contributed by atoms with Gasteiger partial charge in [0.05, 0.1) is 11.3 Å². The number of sulfonamides is 1. The summed E-state index contributed by atoms with van der Waals surface area (Å²) in [5, 5.41) is 8.77. The van der Waals surface area contributed by atoms with Crippen molar-refractivity contribution in [3.63, 3.8) is 0 Å². The Kier molecular flexibility index (Phi) is 4.80. The van der Waals surface area contributed by atoms with Crippen LogP contribution in [-0.4, -0.2) is 49.6 Å². The third-order valence-electron chi connectivity index (χ3n) is 3.98. The Hall–Kier alpha value is -1.65. The van der Waals surface area contributed by atoms with Gasteiger partial charge in [-0.15, -0.1) is 0 Å². The van der Waals surface area contributed by atoms with Crippen LogP contribution in [0.1, 0.15) is 25.3 Å². The highest BCUT2D eigenvalue weighted by molar-refractivity contribution is 7.89. The Morgan fingerprint density at radius 2 is 2.10 bits per heavy atom. The predicted molar refractivity (Wildman–Crippen MR) is 81.4 cm³/mol. The van der Waals surface area contributed by atoms with Gasteiger partial charge in [-0.25, -0.2) is 17.7 Å². The maximum Gasteiger partial charge on any atom is 0.213 e. The number of pyridine rings is 1. The molecule has 0 bridgehead atoms. The van der Waals surface area contributed by atoms with E-state index < -0.39 is 10.0 Å². The minimum Gasteiger partial charge on any atom is -0.357 e. The van der Waals surface area contributed by atoms with Crippen molar-refractivity contribution in [2.24, 2.45) is 0 Å². The summed E-state index contributed by atoms with van der Waals surface area (Å²) < 4.78 is 25.3. The molecule has 1 aromatic rings. The molecule has 2 heterocycles. The normalized spacial score (nSPS) is 17.0. The van der Waals surface area contributed by atoms with Gasteiger partial charge in [0.2, 0.25) is 10.0 Å². The molecule has 0 radical (unpaired) electrons. The second kappa shape index (κ2) is 6.41. The van der Waals surface area contributed by atoms with Crippen LogP contribution in [0.3, 0.4) is 0 Å². The molecule has 1 fully saturated rings. The van der Waals surface area contributed by atoms with Crippen LogP contribution in [0.5, 0.6) is 0 Å². The molecule has 0 N–H and O–H groups in total. The molecule has 0 atom stereocenters. The number of anilines is 1. The van der Waals surface area contributed by atoms with Crippen molar-refractivity contribution < 1.29 is 8.42 Å². The van der Waals surface area contributed by atoms with Gasteiger partial charge in [0.15, 0.2) is 0 Å². The van der Waals surface area contributed by atoms with Crippen molar-refractivity contribution in [3.05, 3.63) is 23.9 Å². The average molecular weight is 308 g/mol. The Labute approximate surface area is 126 Å². The Bertz CT molecular complexity index is 613. The van der Waals surface area contributed by atoms with E-state index in [4.69, 9.17) is 5.26 Å². The van der Waals surface area contributed by atoms with Crippen LogP contribution in [-0.2, 0) is 10.0 Å². The number of hydrogen-bond acceptors (Lipinski definition) is 5. The fraction of sp³-hybridized carbons (Fsp3) is 0.571. The van der Waals surface area contributed by atoms with Crippen LogP contribution >= 0.6 is 0 Å². The van der Waals surface area contributed by atoms with Gasteiger partial charge in [0.1, 0.15) is 11.9 Å². The van der Waals surface area contributed by atoms with Gasteiger partial charge >= 0.3 is 0 Å². The summed E-state index contributed by atoms with van der Waals surface area (Å²) in [5.74, 6) is 0.981. The van der Waals surface area contributed by atoms with Gasteiger partial charge < -0.3 is 4.90 Å². The van der Waals surface area contributed by atoms with Crippen molar-refractivity contribution >= 4 is 15.8 Å². The first-order valence-corrected chi connectivity index (χ1v) is 8.65. The lowest BCUT2D eigenvalue weighted by Gasteiger charge is -2.36. The molecule has 1 aliphatic heterocycles. The van der Waals surface area contributed by atoms with E-state index in [9.17, 15) is 8.42 Å². The zero-order valence-electron chi connectivity index (χ0n) is 12.4. The predicted octanol–water partition coefficient (Wildman–Crippen LogP) is 1.20. The van der Waals surface area contributed by atoms with Crippen molar-refractivity contribution in [2.45, 2.75) is 25.8 Å². The molecule has 0 amide bonds. The van der Waals surface area contributed by atoms with E-state index in [1.165, 1.54) is 4.31 Å². The molecule has 0 unspecified atom stereocenters. The van der Waals surface area contributed by atoms with E-state index in [-0.39, 0.29) is 11.8 Å². The van der Waals surface area contributed by atoms with E-state index >= 15 is 0 Å². The van der Waals surface area contributed by atoms with Crippen molar-refractivity contribution in [2.75, 3.05) is 30.8 Å². The maximum absolute atomic E-state index is 11.9. The summed E-state index contributed by atoms with van der Waals surface area (Å²) in [7, 11) is -1.46. The summed E-state index contributed by atoms with van der Waals surface area (Å²) in [6.07, 6.45) is 3.14. The fourth-order valence-corrected chi connectivity index (χ4v) is 3.60. The average Bonchev–Trinajstić information content (AvgIpc) is 2.54. The smallest absolute Gasteiger partial charge is 0.213 e. The SMILES string of the molecule is CCS(=O)(=O)N(C)C1CCN(c2ccc(C#N)cn2)CC1. The van der Waals surface area contributed by atoms with Crippen molar-refractivity contribution in [1.82, 2.24) is 9.29 Å². The van der Waals surface area contributed by atoms with Crippen LogP contribution in [0.2, 0.25) is 0 Å². The molecule has 1 aromatic heterocycles. The minimum absolute atomic E-state index is 0.0598. The van der Waals surface area contributed by atoms with Crippen LogP contribution < -0.4 is 4.90 Å². The van der Waals surface area contributed by atoms with Crippen LogP contribution in [0, 0.1) is 11.3 Å². The Morgan fingerprint density at radius 3 is 2.57 bits per heavy atom. The van der Waals surface area contributed by atoms with E-state index in [1.807, 2.05) is 12.1 Å². The van der Waals surface area contributed by atoms with E-state index in [0.29, 0.717) is 5.56 Å². The zero-order chi connectivity index (χ0) is 15.5. The molecule has 0 spiro atoms. The monoisotopic (exact) mass is 308 g/mol. The molecule has 1 aliphatic rings. The Morgan fingerprint density at radius 1 is 1.43 bits per heavy atom. The summed E-state index contributed by atoms with van der Waals surface area (Å²) in [6.45, 7) is 3.21. The molecule has 114 valence electrons. The summed E-state index contributed by atoms with van der Waals surface area (Å²) in [5.41, 5.74) is 0.544. The number of nitrogens with zero attached hydrogens (tertiary/aromatic N) is 4. The van der Waals surface area contributed by atoms with Crippen molar-refractivity contribution in [1.29, 1.82) is 5.26 Å². The first-order valence-electron chi connectivity index (χ1n) is 7.04. The standard InChI is InChI=1S/C14H20N4O2S/c1-3-21(19,20)17(2)13-6-8-18(9-7-13)14-5-4-12(10-15)11-16-14/h4-5,11,13H,3,6-9H2,1-2H3. The number of hydrogen-bond donors (Lipinski definition) is 0. The molecule has 0 aromatic carbocycles. The molecule has 2 rings (SSSR count). The van der Waals surface area contributed by atoms with Crippen molar-refractivity contribution in [3.8, 4) is 6.07 Å². The van der Waals surface area contributed by atoms with E-state index in [1.54, 1.807) is 26.2 Å². The van der Waals surface area contributed by atoms with E-state index in [2.05, 4.69) is 9.88 Å². The highest BCUT2D eigenvalue weighted by Gasteiger charge is 2.28. The second-order valence-corrected chi connectivity index (χ2v) is 7.47. The summed E-state index contributed by atoms with van der Waals surface area (Å²) in [4.78, 5) is 6.41. The maximum atomic E-state index is 11.9. The summed E-state index contributed by atoms with van der Waals surface area (Å²) in [6, 6.07) is 5.70. The minimum atomic E-state index is -3.13. The third-order valence-corrected chi connectivity index (χ3v) is 5.89. The number of piperidine rings is 1. The molecule has 1 saturated heterocycles. The molecule has 0 aliphatic carbocycles. The lowest BCUT2D eigenvalue weighted by molar-refractivity contribution is 0.312. The van der Waals surface area contributed by atoms with Gasteiger partial charge in [-0.05, 0) is 31.9 Å². The van der Waals surface area contributed by atoms with Gasteiger partial charge in [-0.1, -0.05) is 0 Å². The second-order valence-electron chi connectivity index (χ2n) is 5.15. The van der Waals surface area contributed by atoms with Gasteiger partial charge in [-0.3, -0.25) is 0 Å². The first-order chi connectivity index (χ1) is 9.97. The van der Waals surface area contributed by atoms with Crippen LogP contribution in [0.15, 0.2) is 18.3 Å². The quantitative estimate of drug-likeness (QED) is 0.835. The lowest BCUT2D eigenvalue weighted by atomic mass is 10.1. The molecule has 6 nitrogen and oxygen atoms in total. The molecule has 21 heavy (non-hydrogen) atoms. The summed E-state index contributed by atoms with van der Waals surface area (Å²) >= 11 is 0. The number of rotatable bonds is 4. The topological polar surface area (TPSA) is 77.3 Å². The van der Waals surface area contributed by atoms with Gasteiger partial charge in [0, 0.05) is 32.4 Å². The molecular formula is C14H20N4O2S. The number of aromatic nitrogens is 1. The largest absolute Gasteiger partial charge is 0.357 e.